The van der Waals surface area contributed by atoms with Crippen molar-refractivity contribution in [3.63, 3.8) is 0 Å². The second-order valence-electron chi connectivity index (χ2n) is 3.78. The highest BCUT2D eigenvalue weighted by Gasteiger charge is 2.10. The molecule has 0 radical (unpaired) electrons. The lowest BCUT2D eigenvalue weighted by atomic mass is 9.96. The Bertz CT molecular complexity index is 294. The van der Waals surface area contributed by atoms with Gasteiger partial charge < -0.3 is 5.73 Å². The van der Waals surface area contributed by atoms with Gasteiger partial charge in [0.15, 0.2) is 0 Å². The zero-order valence-electron chi connectivity index (χ0n) is 8.34. The third-order valence-corrected chi connectivity index (χ3v) is 3.46. The van der Waals surface area contributed by atoms with Gasteiger partial charge in [-0.15, -0.1) is 0 Å². The van der Waals surface area contributed by atoms with Crippen molar-refractivity contribution in [2.75, 3.05) is 0 Å². The van der Waals surface area contributed by atoms with E-state index < -0.39 is 0 Å². The van der Waals surface area contributed by atoms with Gasteiger partial charge in [0.1, 0.15) is 0 Å². The summed E-state index contributed by atoms with van der Waals surface area (Å²) in [6.07, 6.45) is 0. The average Bonchev–Trinajstić information content (AvgIpc) is 2.08. The minimum absolute atomic E-state index is 0.161. The van der Waals surface area contributed by atoms with Gasteiger partial charge in [0.25, 0.3) is 0 Å². The van der Waals surface area contributed by atoms with Crippen molar-refractivity contribution >= 4 is 22.6 Å². The molecule has 13 heavy (non-hydrogen) atoms. The maximum absolute atomic E-state index is 6.05. The van der Waals surface area contributed by atoms with E-state index in [1.54, 1.807) is 0 Å². The maximum atomic E-state index is 6.05. The van der Waals surface area contributed by atoms with Crippen LogP contribution in [0.1, 0.15) is 31.0 Å². The van der Waals surface area contributed by atoms with Crippen molar-refractivity contribution in [1.29, 1.82) is 0 Å². The van der Waals surface area contributed by atoms with Gasteiger partial charge in [-0.05, 0) is 52.6 Å². The third kappa shape index (κ3) is 2.68. The molecule has 2 heteroatoms. The number of hydrogen-bond donors (Lipinski definition) is 1. The van der Waals surface area contributed by atoms with Crippen LogP contribution in [0.15, 0.2) is 18.2 Å². The monoisotopic (exact) mass is 289 g/mol. The van der Waals surface area contributed by atoms with Gasteiger partial charge in [0, 0.05) is 9.61 Å². The average molecular weight is 289 g/mol. The van der Waals surface area contributed by atoms with Crippen molar-refractivity contribution in [1.82, 2.24) is 0 Å². The summed E-state index contributed by atoms with van der Waals surface area (Å²) >= 11 is 2.35. The Balaban J connectivity index is 2.97. The summed E-state index contributed by atoms with van der Waals surface area (Å²) in [7, 11) is 0. The zero-order chi connectivity index (χ0) is 10.0. The van der Waals surface area contributed by atoms with Gasteiger partial charge in [-0.1, -0.05) is 26.0 Å². The van der Waals surface area contributed by atoms with Gasteiger partial charge in [-0.25, -0.2) is 0 Å². The molecule has 0 fully saturated rings. The molecule has 0 amide bonds. The fraction of sp³-hybridized carbons (Fsp3) is 0.455. The maximum Gasteiger partial charge on any atom is 0.0318 e. The van der Waals surface area contributed by atoms with Gasteiger partial charge >= 0.3 is 0 Å². The number of hydrogen-bond acceptors (Lipinski definition) is 1. The van der Waals surface area contributed by atoms with Crippen LogP contribution < -0.4 is 5.73 Å². The van der Waals surface area contributed by atoms with Crippen LogP contribution in [0.3, 0.4) is 0 Å². The molecule has 1 nitrogen and oxygen atoms in total. The lowest BCUT2D eigenvalue weighted by molar-refractivity contribution is 0.514. The summed E-state index contributed by atoms with van der Waals surface area (Å²) in [6, 6.07) is 6.61. The van der Waals surface area contributed by atoms with E-state index in [0.717, 1.165) is 0 Å². The highest BCUT2D eigenvalue weighted by atomic mass is 127. The van der Waals surface area contributed by atoms with Gasteiger partial charge in [-0.2, -0.15) is 0 Å². The van der Waals surface area contributed by atoms with Crippen LogP contribution in [-0.4, -0.2) is 0 Å². The van der Waals surface area contributed by atoms with E-state index in [-0.39, 0.29) is 6.04 Å². The van der Waals surface area contributed by atoms with Crippen molar-refractivity contribution in [3.8, 4) is 0 Å². The van der Waals surface area contributed by atoms with Crippen molar-refractivity contribution in [3.05, 3.63) is 32.9 Å². The van der Waals surface area contributed by atoms with E-state index in [2.05, 4.69) is 61.6 Å². The fourth-order valence-electron chi connectivity index (χ4n) is 1.20. The molecular formula is C11H16IN. The highest BCUT2D eigenvalue weighted by Crippen LogP contribution is 2.22. The van der Waals surface area contributed by atoms with Crippen LogP contribution in [0.2, 0.25) is 0 Å². The van der Waals surface area contributed by atoms with Crippen molar-refractivity contribution < 1.29 is 0 Å². The number of rotatable bonds is 2. The van der Waals surface area contributed by atoms with Crippen molar-refractivity contribution in [2.24, 2.45) is 11.7 Å². The summed E-state index contributed by atoms with van der Waals surface area (Å²) in [5.74, 6) is 0.499. The summed E-state index contributed by atoms with van der Waals surface area (Å²) < 4.78 is 1.30. The van der Waals surface area contributed by atoms with Crippen LogP contribution in [0.5, 0.6) is 0 Å². The van der Waals surface area contributed by atoms with E-state index >= 15 is 0 Å². The van der Waals surface area contributed by atoms with Gasteiger partial charge in [0.05, 0.1) is 0 Å². The Morgan fingerprint density at radius 2 is 1.92 bits per heavy atom. The van der Waals surface area contributed by atoms with Crippen LogP contribution >= 0.6 is 22.6 Å². The van der Waals surface area contributed by atoms with Gasteiger partial charge in [0.2, 0.25) is 0 Å². The summed E-state index contributed by atoms with van der Waals surface area (Å²) in [6.45, 7) is 6.42. The molecule has 1 rings (SSSR count). The molecule has 0 saturated carbocycles. The lowest BCUT2D eigenvalue weighted by Gasteiger charge is -2.16. The Morgan fingerprint density at radius 3 is 2.38 bits per heavy atom. The molecular weight excluding hydrogens is 273 g/mol. The first kappa shape index (κ1) is 11.0. The second kappa shape index (κ2) is 4.42. The first-order chi connectivity index (χ1) is 6.02. The van der Waals surface area contributed by atoms with E-state index in [0.29, 0.717) is 5.92 Å². The number of aryl methyl sites for hydroxylation is 1. The van der Waals surface area contributed by atoms with E-state index in [1.807, 2.05) is 0 Å². The summed E-state index contributed by atoms with van der Waals surface area (Å²) in [5.41, 5.74) is 8.61. The van der Waals surface area contributed by atoms with Crippen LogP contribution in [0.25, 0.3) is 0 Å². The predicted octanol–water partition coefficient (Wildman–Crippen LogP) is 3.26. The molecule has 0 heterocycles. The number of benzene rings is 1. The summed E-state index contributed by atoms with van der Waals surface area (Å²) in [5, 5.41) is 0. The van der Waals surface area contributed by atoms with Crippen LogP contribution in [0, 0.1) is 16.4 Å². The van der Waals surface area contributed by atoms with Crippen molar-refractivity contribution in [2.45, 2.75) is 26.8 Å². The topological polar surface area (TPSA) is 26.0 Å². The Kier molecular flexibility index (Phi) is 3.74. The molecule has 0 aliphatic carbocycles. The molecule has 0 bridgehead atoms. The second-order valence-corrected chi connectivity index (χ2v) is 4.94. The van der Waals surface area contributed by atoms with E-state index in [1.165, 1.54) is 14.7 Å². The normalized spacial score (nSPS) is 13.4. The first-order valence-corrected chi connectivity index (χ1v) is 5.62. The van der Waals surface area contributed by atoms with E-state index in [4.69, 9.17) is 5.73 Å². The molecule has 72 valence electrons. The Morgan fingerprint density at radius 1 is 1.31 bits per heavy atom. The number of nitrogens with two attached hydrogens (primary N) is 1. The molecule has 1 aromatic carbocycles. The molecule has 2 N–H and O–H groups in total. The molecule has 0 aliphatic rings. The summed E-state index contributed by atoms with van der Waals surface area (Å²) in [4.78, 5) is 0. The Hall–Kier alpha value is -0.0900. The molecule has 0 aliphatic heterocycles. The minimum atomic E-state index is 0.161. The van der Waals surface area contributed by atoms with Crippen LogP contribution in [0.4, 0.5) is 0 Å². The predicted molar refractivity (Wildman–Crippen MR) is 65.7 cm³/mol. The molecule has 0 saturated heterocycles. The third-order valence-electron chi connectivity index (χ3n) is 2.30. The molecule has 0 spiro atoms. The smallest absolute Gasteiger partial charge is 0.0318 e. The molecule has 1 atom stereocenters. The fourth-order valence-corrected chi connectivity index (χ4v) is 1.74. The highest BCUT2D eigenvalue weighted by molar-refractivity contribution is 14.1. The standard InChI is InChI=1S/C11H16IN/c1-7(2)11(13)9-5-4-8(3)10(12)6-9/h4-7,11H,13H2,1-3H3/t11-/m1/s1. The van der Waals surface area contributed by atoms with Gasteiger partial charge in [-0.3, -0.25) is 0 Å². The molecule has 1 aromatic rings. The van der Waals surface area contributed by atoms with E-state index in [9.17, 15) is 0 Å². The largest absolute Gasteiger partial charge is 0.324 e. The number of halogens is 1. The van der Waals surface area contributed by atoms with Crippen LogP contribution in [-0.2, 0) is 0 Å². The minimum Gasteiger partial charge on any atom is -0.324 e. The first-order valence-electron chi connectivity index (χ1n) is 4.54. The molecule has 0 aromatic heterocycles. The molecule has 0 unspecified atom stereocenters. The lowest BCUT2D eigenvalue weighted by Crippen LogP contribution is -2.16. The SMILES string of the molecule is Cc1ccc([C@H](N)C(C)C)cc1I. The quantitative estimate of drug-likeness (QED) is 0.831. The Labute approximate surface area is 93.9 Å². The zero-order valence-corrected chi connectivity index (χ0v) is 10.5.